The third-order valence-corrected chi connectivity index (χ3v) is 16.5. The minimum absolute atomic E-state index is 0.0416. The van der Waals surface area contributed by atoms with Gasteiger partial charge in [-0.05, 0) is 188 Å². The van der Waals surface area contributed by atoms with Crippen LogP contribution in [0.4, 0.5) is 0 Å². The van der Waals surface area contributed by atoms with Gasteiger partial charge in [0.2, 0.25) is 0 Å². The maximum Gasteiger partial charge on any atom is -0.000719 e. The van der Waals surface area contributed by atoms with Crippen LogP contribution < -0.4 is 0 Å². The average molecular weight is 929 g/mol. The quantitative estimate of drug-likeness (QED) is 0.155. The summed E-state index contributed by atoms with van der Waals surface area (Å²) >= 11 is 0. The minimum atomic E-state index is -0.0452. The summed E-state index contributed by atoms with van der Waals surface area (Å²) in [6.45, 7) is 28.4. The number of rotatable bonds is 3. The molecular formula is C72H64. The number of hydrogen-bond acceptors (Lipinski definition) is 0. The van der Waals surface area contributed by atoms with Crippen molar-refractivity contribution < 1.29 is 0 Å². The van der Waals surface area contributed by atoms with Crippen molar-refractivity contribution in [3.8, 4) is 77.9 Å². The van der Waals surface area contributed by atoms with E-state index in [1.54, 1.807) is 0 Å². The number of benzene rings is 11. The summed E-state index contributed by atoms with van der Waals surface area (Å²) in [6.07, 6.45) is 0. The summed E-state index contributed by atoms with van der Waals surface area (Å²) in [7, 11) is 0. The van der Waals surface area contributed by atoms with Crippen molar-refractivity contribution in [2.45, 2.75) is 105 Å². The van der Waals surface area contributed by atoms with Gasteiger partial charge < -0.3 is 0 Å². The zero-order valence-corrected chi connectivity index (χ0v) is 44.2. The molecule has 11 aromatic carbocycles. The van der Waals surface area contributed by atoms with Crippen molar-refractivity contribution in [2.24, 2.45) is 0 Å². The van der Waals surface area contributed by atoms with Crippen LogP contribution in [-0.4, -0.2) is 0 Å². The first-order valence-corrected chi connectivity index (χ1v) is 26.2. The van der Waals surface area contributed by atoms with Gasteiger partial charge in [0.15, 0.2) is 0 Å². The fourth-order valence-electron chi connectivity index (χ4n) is 12.6. The van der Waals surface area contributed by atoms with Crippen LogP contribution in [0.25, 0.3) is 132 Å². The van der Waals surface area contributed by atoms with Crippen LogP contribution in [0.1, 0.15) is 105 Å². The normalized spacial score (nSPS) is 13.3. The lowest BCUT2D eigenvalue weighted by Crippen LogP contribution is -2.17. The summed E-state index contributed by atoms with van der Waals surface area (Å²) in [5.41, 5.74) is 23.8. The lowest BCUT2D eigenvalue weighted by molar-refractivity contribution is 0.568. The Morgan fingerprint density at radius 3 is 1.10 bits per heavy atom. The second-order valence-electron chi connectivity index (χ2n) is 25.3. The van der Waals surface area contributed by atoms with Crippen molar-refractivity contribution in [1.29, 1.82) is 0 Å². The minimum Gasteiger partial charge on any atom is -0.0616 e. The van der Waals surface area contributed by atoms with Gasteiger partial charge >= 0.3 is 0 Å². The Balaban J connectivity index is 1.19. The van der Waals surface area contributed by atoms with Gasteiger partial charge in [-0.2, -0.15) is 0 Å². The Morgan fingerprint density at radius 1 is 0.208 bits per heavy atom. The second-order valence-corrected chi connectivity index (χ2v) is 25.3. The van der Waals surface area contributed by atoms with Crippen LogP contribution in [0.15, 0.2) is 170 Å². The Hall–Kier alpha value is -7.28. The Morgan fingerprint density at radius 2 is 0.569 bits per heavy atom. The van der Waals surface area contributed by atoms with Crippen molar-refractivity contribution in [1.82, 2.24) is 0 Å². The molecule has 0 nitrogen and oxygen atoms in total. The molecule has 0 heteroatoms. The molecule has 0 amide bonds. The van der Waals surface area contributed by atoms with Gasteiger partial charge in [-0.3, -0.25) is 0 Å². The first-order chi connectivity index (χ1) is 34.3. The fraction of sp³-hybridized carbons (Fsp3) is 0.222. The van der Waals surface area contributed by atoms with E-state index in [1.165, 1.54) is 154 Å². The first kappa shape index (κ1) is 44.6. The van der Waals surface area contributed by atoms with E-state index in [0.717, 1.165) is 0 Å². The Bertz CT molecular complexity index is 4070. The molecule has 0 saturated heterocycles. The van der Waals surface area contributed by atoms with Crippen LogP contribution in [-0.2, 0) is 21.7 Å². The molecule has 0 aliphatic heterocycles. The summed E-state index contributed by atoms with van der Waals surface area (Å²) in [5, 5.41) is 13.1. The fourth-order valence-corrected chi connectivity index (χ4v) is 12.6. The largest absolute Gasteiger partial charge is 0.0616 e. The van der Waals surface area contributed by atoms with Crippen LogP contribution in [0.2, 0.25) is 0 Å². The van der Waals surface area contributed by atoms with Crippen LogP contribution in [0.5, 0.6) is 0 Å². The van der Waals surface area contributed by atoms with Gasteiger partial charge in [-0.25, -0.2) is 0 Å². The Kier molecular flexibility index (Phi) is 9.38. The molecule has 11 aromatic rings. The highest BCUT2D eigenvalue weighted by Crippen LogP contribution is 2.60. The van der Waals surface area contributed by atoms with E-state index in [-0.39, 0.29) is 21.7 Å². The van der Waals surface area contributed by atoms with E-state index >= 15 is 0 Å². The van der Waals surface area contributed by atoms with Crippen LogP contribution in [0.3, 0.4) is 0 Å². The predicted molar refractivity (Wildman–Crippen MR) is 314 cm³/mol. The Labute approximate surface area is 426 Å². The van der Waals surface area contributed by atoms with E-state index in [9.17, 15) is 0 Å². The summed E-state index contributed by atoms with van der Waals surface area (Å²) in [5.74, 6) is 0. The molecule has 0 saturated carbocycles. The third kappa shape index (κ3) is 6.57. The highest BCUT2D eigenvalue weighted by molar-refractivity contribution is 6.34. The molecule has 0 N–H and O–H groups in total. The molecule has 2 aliphatic carbocycles. The standard InChI is InChI=1S/C72H64/c1-69(2,3)43-33-41(34-44(37-43)70(4,5)6)63-54-25-17-18-26-55(54)64(42-35-45(71(7,8)9)38-46(36-42)72(10,11)12)68-62-40-60-50-24-16-15-23-49(50)59(39-61(60)56-29-20-30-58(66(56)62)67(63)68)51-31-32-57-48-22-14-13-21-47(48)52-27-19-28-53(51)65(52)57/h13-40H,1-12H3. The van der Waals surface area contributed by atoms with E-state index < -0.39 is 0 Å². The highest BCUT2D eigenvalue weighted by Gasteiger charge is 2.34. The second kappa shape index (κ2) is 15.1. The molecule has 0 spiro atoms. The van der Waals surface area contributed by atoms with Crippen LogP contribution >= 0.6 is 0 Å². The number of hydrogen-bond donors (Lipinski definition) is 0. The van der Waals surface area contributed by atoms with Gasteiger partial charge in [0, 0.05) is 0 Å². The van der Waals surface area contributed by atoms with Crippen LogP contribution in [0, 0.1) is 0 Å². The maximum absolute atomic E-state index is 2.59. The summed E-state index contributed by atoms with van der Waals surface area (Å²) < 4.78 is 0. The smallest absolute Gasteiger partial charge is 0.000719 e. The molecule has 0 fully saturated rings. The lowest BCUT2D eigenvalue weighted by Gasteiger charge is -2.29. The topological polar surface area (TPSA) is 0 Å². The summed E-state index contributed by atoms with van der Waals surface area (Å²) in [6, 6.07) is 66.5. The molecule has 72 heavy (non-hydrogen) atoms. The molecule has 0 bridgehead atoms. The van der Waals surface area contributed by atoms with Gasteiger partial charge in [0.05, 0.1) is 0 Å². The van der Waals surface area contributed by atoms with Crippen molar-refractivity contribution >= 4 is 53.9 Å². The van der Waals surface area contributed by atoms with Crippen molar-refractivity contribution in [2.75, 3.05) is 0 Å². The van der Waals surface area contributed by atoms with Gasteiger partial charge in [-0.15, -0.1) is 0 Å². The zero-order valence-electron chi connectivity index (χ0n) is 44.2. The number of fused-ring (bicyclic) bond motifs is 11. The molecular weight excluding hydrogens is 865 g/mol. The van der Waals surface area contributed by atoms with E-state index in [1.807, 2.05) is 0 Å². The van der Waals surface area contributed by atoms with Gasteiger partial charge in [0.25, 0.3) is 0 Å². The molecule has 0 heterocycles. The van der Waals surface area contributed by atoms with E-state index in [2.05, 4.69) is 253 Å². The van der Waals surface area contributed by atoms with Gasteiger partial charge in [0.1, 0.15) is 0 Å². The molecule has 0 atom stereocenters. The molecule has 0 unspecified atom stereocenters. The van der Waals surface area contributed by atoms with E-state index in [0.29, 0.717) is 0 Å². The first-order valence-electron chi connectivity index (χ1n) is 26.2. The lowest BCUT2D eigenvalue weighted by atomic mass is 9.75. The molecule has 0 aromatic heterocycles. The zero-order chi connectivity index (χ0) is 50.0. The average Bonchev–Trinajstić information content (AvgIpc) is 3.85. The molecule has 0 radical (unpaired) electrons. The highest BCUT2D eigenvalue weighted by atomic mass is 14.4. The van der Waals surface area contributed by atoms with Crippen molar-refractivity contribution in [3.63, 3.8) is 0 Å². The van der Waals surface area contributed by atoms with Crippen molar-refractivity contribution in [3.05, 3.63) is 192 Å². The third-order valence-electron chi connectivity index (χ3n) is 16.5. The monoisotopic (exact) mass is 929 g/mol. The molecule has 2 aliphatic rings. The van der Waals surface area contributed by atoms with Gasteiger partial charge in [-0.1, -0.05) is 241 Å². The maximum atomic E-state index is 2.59. The molecule has 352 valence electrons. The molecule has 13 rings (SSSR count). The SMILES string of the molecule is CC(C)(C)c1cc(-c2c3c(c(-c4cc(C(C)(C)C)cc(C(C)(C)C)c4)c4ccccc24)-c2cc4c5ccccc5c(-c5ccc6c7c(cccc57)-c5ccccc5-6)cc4c4cccc-3c24)cc(C(C)(C)C)c1. The van der Waals surface area contributed by atoms with E-state index in [4.69, 9.17) is 0 Å². The predicted octanol–water partition coefficient (Wildman–Crippen LogP) is 20.9. The summed E-state index contributed by atoms with van der Waals surface area (Å²) in [4.78, 5) is 0.